The molecule has 0 amide bonds. The predicted molar refractivity (Wildman–Crippen MR) is 100 cm³/mol. The van der Waals surface area contributed by atoms with Crippen molar-refractivity contribution in [2.45, 2.75) is 6.10 Å². The lowest BCUT2D eigenvalue weighted by Gasteiger charge is -2.12. The molecule has 0 bridgehead atoms. The number of nitrogens with zero attached hydrogens (tertiary/aromatic N) is 1. The quantitative estimate of drug-likeness (QED) is 0.338. The topological polar surface area (TPSA) is 89.0 Å². The largest absolute Gasteiger partial charge is 0.375 e. The lowest BCUT2D eigenvalue weighted by Crippen LogP contribution is -2.30. The zero-order valence-electron chi connectivity index (χ0n) is 14.5. The molecule has 7 nitrogen and oxygen atoms in total. The monoisotopic (exact) mass is 365 g/mol. The van der Waals surface area contributed by atoms with Gasteiger partial charge < -0.3 is 10.6 Å². The van der Waals surface area contributed by atoms with Crippen LogP contribution >= 0.6 is 0 Å². The lowest BCUT2D eigenvalue weighted by atomic mass is 10.1. The SMILES string of the molecule is O=CC(OOC(=O)C(=CNC1=NCCN1)c1ccccc1)c1ccccc1. The molecule has 1 heterocycles. The van der Waals surface area contributed by atoms with Crippen molar-refractivity contribution < 1.29 is 19.4 Å². The molecule has 0 radical (unpaired) electrons. The van der Waals surface area contributed by atoms with Gasteiger partial charge in [0.25, 0.3) is 0 Å². The first-order chi connectivity index (χ1) is 13.3. The van der Waals surface area contributed by atoms with E-state index in [0.717, 1.165) is 6.54 Å². The van der Waals surface area contributed by atoms with Crippen molar-refractivity contribution in [3.63, 3.8) is 0 Å². The molecule has 3 rings (SSSR count). The number of hydrogen-bond donors (Lipinski definition) is 2. The highest BCUT2D eigenvalue weighted by molar-refractivity contribution is 6.16. The Labute approximate surface area is 156 Å². The fourth-order valence-corrected chi connectivity index (χ4v) is 2.45. The minimum atomic E-state index is -0.999. The van der Waals surface area contributed by atoms with E-state index >= 15 is 0 Å². The van der Waals surface area contributed by atoms with Gasteiger partial charge in [-0.25, -0.2) is 4.79 Å². The maximum absolute atomic E-state index is 12.6. The molecular weight excluding hydrogens is 346 g/mol. The van der Waals surface area contributed by atoms with Gasteiger partial charge in [-0.15, -0.1) is 0 Å². The highest BCUT2D eigenvalue weighted by Gasteiger charge is 2.19. The van der Waals surface area contributed by atoms with Gasteiger partial charge in [-0.3, -0.25) is 14.7 Å². The van der Waals surface area contributed by atoms with Crippen LogP contribution in [0.25, 0.3) is 5.57 Å². The Morgan fingerprint density at radius 2 is 1.81 bits per heavy atom. The fourth-order valence-electron chi connectivity index (χ4n) is 2.45. The average Bonchev–Trinajstić information content (AvgIpc) is 3.24. The van der Waals surface area contributed by atoms with Crippen molar-refractivity contribution in [2.75, 3.05) is 13.1 Å². The van der Waals surface area contributed by atoms with Crippen LogP contribution in [0.15, 0.2) is 71.9 Å². The molecule has 2 N–H and O–H groups in total. The first-order valence-electron chi connectivity index (χ1n) is 8.46. The number of rotatable bonds is 7. The van der Waals surface area contributed by atoms with Gasteiger partial charge >= 0.3 is 5.97 Å². The molecule has 7 heteroatoms. The van der Waals surface area contributed by atoms with Crippen molar-refractivity contribution >= 4 is 23.8 Å². The molecule has 0 fully saturated rings. The number of carbonyl (C=O) groups excluding carboxylic acids is 2. The molecule has 1 aliphatic heterocycles. The Bertz CT molecular complexity index is 835. The highest BCUT2D eigenvalue weighted by Crippen LogP contribution is 2.19. The third-order valence-corrected chi connectivity index (χ3v) is 3.81. The molecule has 0 aromatic heterocycles. The molecule has 1 aliphatic rings. The first-order valence-corrected chi connectivity index (χ1v) is 8.46. The summed E-state index contributed by atoms with van der Waals surface area (Å²) in [5.41, 5.74) is 1.47. The molecule has 0 aliphatic carbocycles. The predicted octanol–water partition coefficient (Wildman–Crippen LogP) is 1.99. The van der Waals surface area contributed by atoms with E-state index in [4.69, 9.17) is 9.78 Å². The van der Waals surface area contributed by atoms with E-state index in [1.165, 1.54) is 6.20 Å². The second-order valence-electron chi connectivity index (χ2n) is 5.66. The summed E-state index contributed by atoms with van der Waals surface area (Å²) in [5, 5.41) is 5.99. The number of carbonyl (C=O) groups is 2. The van der Waals surface area contributed by atoms with Gasteiger partial charge in [-0.1, -0.05) is 60.7 Å². The van der Waals surface area contributed by atoms with E-state index in [1.54, 1.807) is 48.5 Å². The lowest BCUT2D eigenvalue weighted by molar-refractivity contribution is -0.286. The van der Waals surface area contributed by atoms with Gasteiger partial charge in [0, 0.05) is 12.7 Å². The van der Waals surface area contributed by atoms with Crippen LogP contribution in [0.1, 0.15) is 17.2 Å². The minimum Gasteiger partial charge on any atom is -0.354 e. The van der Waals surface area contributed by atoms with Crippen molar-refractivity contribution in [1.82, 2.24) is 10.6 Å². The average molecular weight is 365 g/mol. The maximum atomic E-state index is 12.6. The molecule has 0 saturated heterocycles. The van der Waals surface area contributed by atoms with Crippen LogP contribution in [-0.2, 0) is 19.4 Å². The van der Waals surface area contributed by atoms with Crippen molar-refractivity contribution in [2.24, 2.45) is 4.99 Å². The third-order valence-electron chi connectivity index (χ3n) is 3.81. The number of nitrogens with one attached hydrogen (secondary N) is 2. The normalized spacial score (nSPS) is 14.7. The van der Waals surface area contributed by atoms with Crippen LogP contribution in [0.3, 0.4) is 0 Å². The minimum absolute atomic E-state index is 0.240. The summed E-state index contributed by atoms with van der Waals surface area (Å²) < 4.78 is 0. The van der Waals surface area contributed by atoms with Gasteiger partial charge in [0.1, 0.15) is 0 Å². The van der Waals surface area contributed by atoms with Gasteiger partial charge in [0.05, 0.1) is 12.1 Å². The summed E-state index contributed by atoms with van der Waals surface area (Å²) in [5.74, 6) is -0.151. The molecule has 0 saturated carbocycles. The Hall–Kier alpha value is -3.45. The van der Waals surface area contributed by atoms with E-state index in [1.807, 2.05) is 12.1 Å². The molecule has 138 valence electrons. The summed E-state index contributed by atoms with van der Waals surface area (Å²) in [4.78, 5) is 38.1. The van der Waals surface area contributed by atoms with Crippen molar-refractivity contribution in [1.29, 1.82) is 0 Å². The zero-order chi connectivity index (χ0) is 18.9. The molecule has 2 aromatic rings. The van der Waals surface area contributed by atoms with Crippen LogP contribution in [0.4, 0.5) is 0 Å². The third kappa shape index (κ3) is 5.02. The number of aliphatic imine (C=N–C) groups is 1. The Balaban J connectivity index is 1.72. The molecule has 2 aromatic carbocycles. The van der Waals surface area contributed by atoms with Crippen molar-refractivity contribution in [3.05, 3.63) is 78.0 Å². The van der Waals surface area contributed by atoms with Gasteiger partial charge in [0.15, 0.2) is 18.3 Å². The van der Waals surface area contributed by atoms with E-state index in [2.05, 4.69) is 15.6 Å². The number of aldehydes is 1. The molecule has 27 heavy (non-hydrogen) atoms. The Morgan fingerprint density at radius 3 is 2.44 bits per heavy atom. The smallest absolute Gasteiger partial charge is 0.354 e. The van der Waals surface area contributed by atoms with Crippen LogP contribution in [-0.4, -0.2) is 31.3 Å². The summed E-state index contributed by atoms with van der Waals surface area (Å²) in [7, 11) is 0. The van der Waals surface area contributed by atoms with E-state index in [-0.39, 0.29) is 5.57 Å². The summed E-state index contributed by atoms with van der Waals surface area (Å²) in [6.07, 6.45) is 1.07. The molecule has 1 atom stereocenters. The molecule has 1 unspecified atom stereocenters. The number of hydrogen-bond acceptors (Lipinski definition) is 7. The van der Waals surface area contributed by atoms with E-state index < -0.39 is 12.1 Å². The Kier molecular flexibility index (Phi) is 6.32. The first kappa shape index (κ1) is 18.3. The van der Waals surface area contributed by atoms with Gasteiger partial charge in [-0.05, 0) is 11.1 Å². The van der Waals surface area contributed by atoms with Gasteiger partial charge in [-0.2, -0.15) is 4.89 Å². The standard InChI is InChI=1S/C20H19N3O4/c24-14-18(16-9-5-2-6-10-16)26-27-19(25)17(15-7-3-1-4-8-15)13-23-20-21-11-12-22-20/h1-10,13-14,18H,11-12H2,(H2,21,22,23). The second kappa shape index (κ2) is 9.30. The van der Waals surface area contributed by atoms with Crippen molar-refractivity contribution in [3.8, 4) is 0 Å². The summed E-state index contributed by atoms with van der Waals surface area (Å²) in [6.45, 7) is 1.41. The number of guanidine groups is 1. The van der Waals surface area contributed by atoms with Crippen LogP contribution < -0.4 is 10.6 Å². The maximum Gasteiger partial charge on any atom is 0.375 e. The molecule has 0 spiro atoms. The van der Waals surface area contributed by atoms with Crippen LogP contribution in [0, 0.1) is 0 Å². The van der Waals surface area contributed by atoms with Crippen LogP contribution in [0.5, 0.6) is 0 Å². The van der Waals surface area contributed by atoms with E-state index in [9.17, 15) is 9.59 Å². The second-order valence-corrected chi connectivity index (χ2v) is 5.66. The molecular formula is C20H19N3O4. The zero-order valence-corrected chi connectivity index (χ0v) is 14.5. The van der Waals surface area contributed by atoms with E-state index in [0.29, 0.717) is 29.9 Å². The fraction of sp³-hybridized carbons (Fsp3) is 0.150. The summed E-state index contributed by atoms with van der Waals surface area (Å²) in [6, 6.07) is 17.8. The van der Waals surface area contributed by atoms with Gasteiger partial charge in [0.2, 0.25) is 0 Å². The summed E-state index contributed by atoms with van der Waals surface area (Å²) >= 11 is 0. The van der Waals surface area contributed by atoms with Crippen LogP contribution in [0.2, 0.25) is 0 Å². The number of benzene rings is 2. The Morgan fingerprint density at radius 1 is 1.11 bits per heavy atom. The highest BCUT2D eigenvalue weighted by atomic mass is 17.2.